The van der Waals surface area contributed by atoms with Crippen LogP contribution in [0.25, 0.3) is 5.57 Å². The first-order chi connectivity index (χ1) is 11.1. The van der Waals surface area contributed by atoms with Gasteiger partial charge in [-0.15, -0.1) is 0 Å². The summed E-state index contributed by atoms with van der Waals surface area (Å²) < 4.78 is 12.1. The highest BCUT2D eigenvalue weighted by atomic mass is 16.5. The number of hydrogen-bond donors (Lipinski definition) is 0. The monoisotopic (exact) mass is 316 g/mol. The number of carbonyl (C=O) groups is 1. The molecule has 0 atom stereocenters. The fourth-order valence-corrected chi connectivity index (χ4v) is 2.75. The average Bonchev–Trinajstić information content (AvgIpc) is 3.18. The Kier molecular flexibility index (Phi) is 4.18. The molecule has 7 nitrogen and oxygen atoms in total. The van der Waals surface area contributed by atoms with Gasteiger partial charge in [0.05, 0.1) is 18.5 Å². The van der Waals surface area contributed by atoms with Gasteiger partial charge in [-0.1, -0.05) is 5.57 Å². The minimum absolute atomic E-state index is 0.331. The van der Waals surface area contributed by atoms with E-state index in [1.807, 2.05) is 7.05 Å². The summed E-state index contributed by atoms with van der Waals surface area (Å²) in [4.78, 5) is 18.2. The number of aryl methyl sites for hydroxylation is 1. The van der Waals surface area contributed by atoms with Gasteiger partial charge in [0, 0.05) is 20.1 Å². The SMILES string of the molecule is CCOC(=O)c1cc(C2=C(C)CCN(c3ncco3)C2)n(C)n1. The summed E-state index contributed by atoms with van der Waals surface area (Å²) in [6.45, 7) is 5.76. The molecule has 0 amide bonds. The summed E-state index contributed by atoms with van der Waals surface area (Å²) in [5.74, 6) is -0.395. The quantitative estimate of drug-likeness (QED) is 0.806. The van der Waals surface area contributed by atoms with Crippen molar-refractivity contribution in [1.82, 2.24) is 14.8 Å². The van der Waals surface area contributed by atoms with Crippen LogP contribution in [0.3, 0.4) is 0 Å². The van der Waals surface area contributed by atoms with E-state index in [2.05, 4.69) is 21.9 Å². The Morgan fingerprint density at radius 2 is 2.30 bits per heavy atom. The molecule has 0 fully saturated rings. The number of ether oxygens (including phenoxy) is 1. The molecular weight excluding hydrogens is 296 g/mol. The van der Waals surface area contributed by atoms with Crippen LogP contribution in [0, 0.1) is 0 Å². The van der Waals surface area contributed by atoms with Gasteiger partial charge in [0.2, 0.25) is 0 Å². The van der Waals surface area contributed by atoms with Gasteiger partial charge >= 0.3 is 5.97 Å². The van der Waals surface area contributed by atoms with Crippen LogP contribution in [0.5, 0.6) is 0 Å². The Hall–Kier alpha value is -2.57. The molecular formula is C16H20N4O3. The summed E-state index contributed by atoms with van der Waals surface area (Å²) in [5, 5.41) is 4.28. The van der Waals surface area contributed by atoms with Crippen LogP contribution < -0.4 is 4.90 Å². The largest absolute Gasteiger partial charge is 0.461 e. The van der Waals surface area contributed by atoms with Crippen molar-refractivity contribution >= 4 is 17.6 Å². The summed E-state index contributed by atoms with van der Waals surface area (Å²) >= 11 is 0. The van der Waals surface area contributed by atoms with E-state index in [0.29, 0.717) is 24.9 Å². The minimum atomic E-state index is -0.395. The fourth-order valence-electron chi connectivity index (χ4n) is 2.75. The lowest BCUT2D eigenvalue weighted by Gasteiger charge is -2.28. The van der Waals surface area contributed by atoms with E-state index in [9.17, 15) is 4.79 Å². The van der Waals surface area contributed by atoms with Gasteiger partial charge in [-0.2, -0.15) is 5.10 Å². The maximum Gasteiger partial charge on any atom is 0.358 e. The molecule has 2 aromatic rings. The molecule has 1 aliphatic rings. The van der Waals surface area contributed by atoms with Gasteiger partial charge in [0.1, 0.15) is 6.26 Å². The third-order valence-electron chi connectivity index (χ3n) is 3.98. The van der Waals surface area contributed by atoms with E-state index in [4.69, 9.17) is 9.15 Å². The molecule has 0 radical (unpaired) electrons. The van der Waals surface area contributed by atoms with E-state index in [1.54, 1.807) is 30.1 Å². The van der Waals surface area contributed by atoms with Crippen LogP contribution in [0.2, 0.25) is 0 Å². The number of anilines is 1. The number of oxazole rings is 1. The Morgan fingerprint density at radius 3 is 3.00 bits per heavy atom. The number of esters is 1. The molecule has 0 spiro atoms. The summed E-state index contributed by atoms with van der Waals surface area (Å²) in [6.07, 6.45) is 4.13. The van der Waals surface area contributed by atoms with Crippen molar-refractivity contribution in [1.29, 1.82) is 0 Å². The number of hydrogen-bond acceptors (Lipinski definition) is 6. The smallest absolute Gasteiger partial charge is 0.358 e. The molecule has 23 heavy (non-hydrogen) atoms. The second kappa shape index (κ2) is 6.28. The molecule has 2 aromatic heterocycles. The lowest BCUT2D eigenvalue weighted by Crippen LogP contribution is -2.31. The molecule has 0 saturated heterocycles. The Balaban J connectivity index is 1.89. The zero-order chi connectivity index (χ0) is 16.4. The summed E-state index contributed by atoms with van der Waals surface area (Å²) in [7, 11) is 1.84. The van der Waals surface area contributed by atoms with Crippen LogP contribution >= 0.6 is 0 Å². The third kappa shape index (κ3) is 2.99. The summed E-state index contributed by atoms with van der Waals surface area (Å²) in [5.41, 5.74) is 3.67. The Bertz CT molecular complexity index is 731. The van der Waals surface area contributed by atoms with Crippen molar-refractivity contribution in [3.8, 4) is 0 Å². The number of carbonyl (C=O) groups excluding carboxylic acids is 1. The van der Waals surface area contributed by atoms with Crippen molar-refractivity contribution in [2.24, 2.45) is 7.05 Å². The van der Waals surface area contributed by atoms with Gasteiger partial charge in [-0.25, -0.2) is 9.78 Å². The normalized spacial score (nSPS) is 15.2. The van der Waals surface area contributed by atoms with Crippen molar-refractivity contribution in [3.05, 3.63) is 35.5 Å². The highest BCUT2D eigenvalue weighted by Gasteiger charge is 2.24. The standard InChI is InChI=1S/C16H20N4O3/c1-4-22-15(21)13-9-14(19(3)18-13)12-10-20(7-5-11(12)2)16-17-6-8-23-16/h6,8-9H,4-5,7,10H2,1-3H3. The first-order valence-corrected chi connectivity index (χ1v) is 7.64. The molecule has 0 saturated carbocycles. The molecule has 3 rings (SSSR count). The van der Waals surface area contributed by atoms with E-state index in [-0.39, 0.29) is 0 Å². The maximum absolute atomic E-state index is 11.9. The second-order valence-electron chi connectivity index (χ2n) is 5.50. The Labute approximate surface area is 134 Å². The van der Waals surface area contributed by atoms with Gasteiger partial charge in [0.15, 0.2) is 5.69 Å². The highest BCUT2D eigenvalue weighted by molar-refractivity contribution is 5.88. The zero-order valence-electron chi connectivity index (χ0n) is 13.6. The van der Waals surface area contributed by atoms with Gasteiger partial charge in [0.25, 0.3) is 6.01 Å². The van der Waals surface area contributed by atoms with Gasteiger partial charge in [-0.3, -0.25) is 4.68 Å². The molecule has 0 aliphatic carbocycles. The van der Waals surface area contributed by atoms with Crippen LogP contribution in [0.4, 0.5) is 6.01 Å². The van der Waals surface area contributed by atoms with Crippen molar-refractivity contribution in [2.45, 2.75) is 20.3 Å². The topological polar surface area (TPSA) is 73.4 Å². The molecule has 0 aromatic carbocycles. The lowest BCUT2D eigenvalue weighted by molar-refractivity contribution is 0.0518. The van der Waals surface area contributed by atoms with Crippen LogP contribution in [-0.4, -0.2) is 40.4 Å². The van der Waals surface area contributed by atoms with Gasteiger partial charge < -0.3 is 14.1 Å². The maximum atomic E-state index is 11.9. The summed E-state index contributed by atoms with van der Waals surface area (Å²) in [6, 6.07) is 2.40. The highest BCUT2D eigenvalue weighted by Crippen LogP contribution is 2.29. The molecule has 0 unspecified atom stereocenters. The zero-order valence-corrected chi connectivity index (χ0v) is 13.6. The first kappa shape index (κ1) is 15.3. The Morgan fingerprint density at radius 1 is 1.48 bits per heavy atom. The fraction of sp³-hybridized carbons (Fsp3) is 0.438. The predicted molar refractivity (Wildman–Crippen MR) is 85.1 cm³/mol. The number of rotatable bonds is 4. The minimum Gasteiger partial charge on any atom is -0.461 e. The van der Waals surface area contributed by atoms with Crippen LogP contribution in [0.15, 0.2) is 28.5 Å². The second-order valence-corrected chi connectivity index (χ2v) is 5.50. The molecule has 3 heterocycles. The molecule has 0 N–H and O–H groups in total. The molecule has 0 bridgehead atoms. The van der Waals surface area contributed by atoms with E-state index in [0.717, 1.165) is 24.2 Å². The van der Waals surface area contributed by atoms with Crippen molar-refractivity contribution in [2.75, 3.05) is 24.6 Å². The van der Waals surface area contributed by atoms with Crippen molar-refractivity contribution in [3.63, 3.8) is 0 Å². The molecule has 7 heteroatoms. The predicted octanol–water partition coefficient (Wildman–Crippen LogP) is 2.27. The van der Waals surface area contributed by atoms with Gasteiger partial charge in [-0.05, 0) is 31.9 Å². The number of aromatic nitrogens is 3. The number of nitrogens with zero attached hydrogens (tertiary/aromatic N) is 4. The molecule has 1 aliphatic heterocycles. The first-order valence-electron chi connectivity index (χ1n) is 7.64. The average molecular weight is 316 g/mol. The van der Waals surface area contributed by atoms with Crippen molar-refractivity contribution < 1.29 is 13.9 Å². The van der Waals surface area contributed by atoms with E-state index < -0.39 is 5.97 Å². The molecule has 122 valence electrons. The van der Waals surface area contributed by atoms with Crippen LogP contribution in [0.1, 0.15) is 36.5 Å². The van der Waals surface area contributed by atoms with E-state index in [1.165, 1.54) is 5.57 Å². The lowest BCUT2D eigenvalue weighted by atomic mass is 9.99. The van der Waals surface area contributed by atoms with Crippen LogP contribution in [-0.2, 0) is 11.8 Å². The van der Waals surface area contributed by atoms with E-state index >= 15 is 0 Å². The third-order valence-corrected chi connectivity index (χ3v) is 3.98.